The number of rotatable bonds is 4. The van der Waals surface area contributed by atoms with Gasteiger partial charge in [-0.15, -0.1) is 0 Å². The minimum absolute atomic E-state index is 0.186. The zero-order chi connectivity index (χ0) is 15.6. The lowest BCUT2D eigenvalue weighted by Crippen LogP contribution is -2.48. The summed E-state index contributed by atoms with van der Waals surface area (Å²) >= 11 is 5.95. The highest BCUT2D eigenvalue weighted by Gasteiger charge is 2.36. The van der Waals surface area contributed by atoms with Crippen LogP contribution in [0.5, 0.6) is 0 Å². The summed E-state index contributed by atoms with van der Waals surface area (Å²) in [5.41, 5.74) is 7.45. The number of nitrogens with two attached hydrogens (primary N) is 1. The first kappa shape index (κ1) is 15.6. The van der Waals surface area contributed by atoms with Crippen LogP contribution in [0, 0.1) is 0 Å². The molecule has 0 saturated carbocycles. The summed E-state index contributed by atoms with van der Waals surface area (Å²) in [5.74, 6) is 0.197. The maximum absolute atomic E-state index is 12.2. The number of carbonyl (C=O) groups excluding carboxylic acids is 1. The third kappa shape index (κ3) is 2.81. The van der Waals surface area contributed by atoms with E-state index in [4.69, 9.17) is 22.1 Å². The Morgan fingerprint density at radius 2 is 2.24 bits per heavy atom. The predicted octanol–water partition coefficient (Wildman–Crippen LogP) is 2.11. The van der Waals surface area contributed by atoms with Crippen molar-refractivity contribution in [2.24, 2.45) is 15.7 Å². The number of nitrogens with zero attached hydrogens (tertiary/aromatic N) is 3. The molecular weight excluding hydrogens is 292 g/mol. The molecule has 6 nitrogen and oxygen atoms in total. The second-order valence-corrected chi connectivity index (χ2v) is 5.17. The van der Waals surface area contributed by atoms with Crippen LogP contribution in [0.2, 0.25) is 0 Å². The number of fused-ring (bicyclic) bond motifs is 1. The number of hydrogen-bond acceptors (Lipinski definition) is 6. The van der Waals surface area contributed by atoms with Crippen molar-refractivity contribution in [3.63, 3.8) is 0 Å². The van der Waals surface area contributed by atoms with Crippen LogP contribution in [0.1, 0.15) is 33.6 Å². The molecule has 0 fully saturated rings. The molecular formula is C14H19ClN4O2. The van der Waals surface area contributed by atoms with E-state index in [-0.39, 0.29) is 17.2 Å². The molecule has 1 atom stereocenters. The Hall–Kier alpha value is -1.82. The van der Waals surface area contributed by atoms with E-state index in [9.17, 15) is 4.79 Å². The summed E-state index contributed by atoms with van der Waals surface area (Å²) < 4.78 is 5.15. The number of hydrogen-bond donors (Lipinski definition) is 1. The van der Waals surface area contributed by atoms with Gasteiger partial charge in [0.1, 0.15) is 5.70 Å². The number of ether oxygens (including phenoxy) is 1. The third-order valence-electron chi connectivity index (χ3n) is 3.39. The molecule has 2 aliphatic rings. The molecule has 0 radical (unpaired) electrons. The monoisotopic (exact) mass is 310 g/mol. The molecule has 2 heterocycles. The quantitative estimate of drug-likeness (QED) is 0.637. The average molecular weight is 311 g/mol. The maximum atomic E-state index is 12.2. The number of amidine groups is 1. The lowest BCUT2D eigenvalue weighted by atomic mass is 9.96. The highest BCUT2D eigenvalue weighted by atomic mass is 35.5. The molecule has 2 N–H and O–H groups in total. The van der Waals surface area contributed by atoms with E-state index < -0.39 is 0 Å². The molecule has 0 aliphatic carbocycles. The van der Waals surface area contributed by atoms with Crippen molar-refractivity contribution < 1.29 is 9.53 Å². The number of carbonyl (C=O) groups is 1. The standard InChI is InChI=1S/C14H19ClN4O2/c1-4-6-9-10(14(20)21-5-2)8(3)18-13-11(16)12(15)17-7-19(9)13/h7,9H,4-6,16H2,1-3H3. The molecule has 21 heavy (non-hydrogen) atoms. The van der Waals surface area contributed by atoms with Crippen LogP contribution < -0.4 is 5.73 Å². The van der Waals surface area contributed by atoms with Crippen molar-refractivity contribution >= 4 is 29.7 Å². The molecule has 0 aromatic carbocycles. The molecule has 0 saturated heterocycles. The summed E-state index contributed by atoms with van der Waals surface area (Å²) in [6.07, 6.45) is 3.24. The molecule has 1 unspecified atom stereocenters. The summed E-state index contributed by atoms with van der Waals surface area (Å²) in [5, 5.41) is 0.215. The summed E-state index contributed by atoms with van der Waals surface area (Å²) in [6.45, 7) is 5.94. The molecule has 7 heteroatoms. The summed E-state index contributed by atoms with van der Waals surface area (Å²) in [6, 6.07) is -0.186. The van der Waals surface area contributed by atoms with Gasteiger partial charge in [-0.2, -0.15) is 0 Å². The minimum Gasteiger partial charge on any atom is -0.463 e. The largest absolute Gasteiger partial charge is 0.463 e. The van der Waals surface area contributed by atoms with Crippen LogP contribution in [0.15, 0.2) is 32.1 Å². The number of esters is 1. The van der Waals surface area contributed by atoms with E-state index in [2.05, 4.69) is 16.9 Å². The van der Waals surface area contributed by atoms with Gasteiger partial charge in [-0.3, -0.25) is 0 Å². The Bertz CT molecular complexity index is 578. The van der Waals surface area contributed by atoms with Crippen molar-refractivity contribution in [3.8, 4) is 0 Å². The summed E-state index contributed by atoms with van der Waals surface area (Å²) in [7, 11) is 0. The molecule has 0 bridgehead atoms. The van der Waals surface area contributed by atoms with Crippen LogP contribution in [0.4, 0.5) is 0 Å². The van der Waals surface area contributed by atoms with Crippen molar-refractivity contribution in [3.05, 3.63) is 22.1 Å². The lowest BCUT2D eigenvalue weighted by Gasteiger charge is -2.37. The summed E-state index contributed by atoms with van der Waals surface area (Å²) in [4.78, 5) is 22.5. The highest BCUT2D eigenvalue weighted by Crippen LogP contribution is 2.30. The average Bonchev–Trinajstić information content (AvgIpc) is 2.44. The Morgan fingerprint density at radius 3 is 2.86 bits per heavy atom. The Morgan fingerprint density at radius 1 is 1.52 bits per heavy atom. The van der Waals surface area contributed by atoms with Gasteiger partial charge < -0.3 is 15.4 Å². The van der Waals surface area contributed by atoms with Crippen LogP contribution in [0.3, 0.4) is 0 Å². The van der Waals surface area contributed by atoms with E-state index in [0.29, 0.717) is 29.4 Å². The fourth-order valence-electron chi connectivity index (χ4n) is 2.46. The molecule has 0 spiro atoms. The van der Waals surface area contributed by atoms with E-state index >= 15 is 0 Å². The number of allylic oxidation sites excluding steroid dienone is 1. The van der Waals surface area contributed by atoms with Crippen LogP contribution in [0.25, 0.3) is 0 Å². The predicted molar refractivity (Wildman–Crippen MR) is 82.9 cm³/mol. The Kier molecular flexibility index (Phi) is 4.67. The zero-order valence-corrected chi connectivity index (χ0v) is 13.1. The molecule has 0 aromatic heterocycles. The molecule has 2 rings (SSSR count). The first-order chi connectivity index (χ1) is 10.0. The maximum Gasteiger partial charge on any atom is 0.337 e. The van der Waals surface area contributed by atoms with Crippen molar-refractivity contribution in [1.29, 1.82) is 0 Å². The fraction of sp³-hybridized carbons (Fsp3) is 0.500. The molecule has 0 aromatic rings. The van der Waals surface area contributed by atoms with Gasteiger partial charge in [0.05, 0.1) is 30.3 Å². The SMILES string of the molecule is CCCC1C(C(=O)OCC)=C(C)N=C2C(N)=C(Cl)N=CN21. The zero-order valence-electron chi connectivity index (χ0n) is 12.4. The van der Waals surface area contributed by atoms with E-state index in [0.717, 1.165) is 12.8 Å². The van der Waals surface area contributed by atoms with Gasteiger partial charge in [-0.25, -0.2) is 14.8 Å². The molecule has 114 valence electrons. The van der Waals surface area contributed by atoms with Crippen LogP contribution in [-0.2, 0) is 9.53 Å². The van der Waals surface area contributed by atoms with E-state index in [1.165, 1.54) is 0 Å². The van der Waals surface area contributed by atoms with Gasteiger partial charge in [0, 0.05) is 0 Å². The topological polar surface area (TPSA) is 80.3 Å². The van der Waals surface area contributed by atoms with Crippen LogP contribution in [-0.4, -0.2) is 35.7 Å². The Labute approximate surface area is 129 Å². The fourth-order valence-corrected chi connectivity index (χ4v) is 2.59. The second-order valence-electron chi connectivity index (χ2n) is 4.82. The number of halogens is 1. The smallest absolute Gasteiger partial charge is 0.337 e. The minimum atomic E-state index is -0.344. The van der Waals surface area contributed by atoms with Gasteiger partial charge in [-0.05, 0) is 20.3 Å². The van der Waals surface area contributed by atoms with Crippen LogP contribution >= 0.6 is 11.6 Å². The van der Waals surface area contributed by atoms with E-state index in [1.54, 1.807) is 25.1 Å². The van der Waals surface area contributed by atoms with Crippen molar-refractivity contribution in [2.75, 3.05) is 6.61 Å². The van der Waals surface area contributed by atoms with Gasteiger partial charge in [0.25, 0.3) is 0 Å². The normalized spacial score (nSPS) is 21.4. The van der Waals surface area contributed by atoms with E-state index in [1.807, 2.05) is 0 Å². The van der Waals surface area contributed by atoms with Crippen molar-refractivity contribution in [2.45, 2.75) is 39.7 Å². The Balaban J connectivity index is 2.50. The van der Waals surface area contributed by atoms with Gasteiger partial charge in [0.2, 0.25) is 0 Å². The van der Waals surface area contributed by atoms with Gasteiger partial charge in [-0.1, -0.05) is 24.9 Å². The highest BCUT2D eigenvalue weighted by molar-refractivity contribution is 6.33. The van der Waals surface area contributed by atoms with Gasteiger partial charge in [0.15, 0.2) is 11.0 Å². The second kappa shape index (κ2) is 6.30. The first-order valence-electron chi connectivity index (χ1n) is 6.95. The molecule has 0 amide bonds. The van der Waals surface area contributed by atoms with Crippen molar-refractivity contribution in [1.82, 2.24) is 4.90 Å². The first-order valence-corrected chi connectivity index (χ1v) is 7.33. The van der Waals surface area contributed by atoms with Gasteiger partial charge >= 0.3 is 5.97 Å². The molecule has 2 aliphatic heterocycles. The third-order valence-corrected chi connectivity index (χ3v) is 3.69. The lowest BCUT2D eigenvalue weighted by molar-refractivity contribution is -0.139. The number of aliphatic imine (C=N–C) groups is 2.